The third-order valence-corrected chi connectivity index (χ3v) is 6.30. The summed E-state index contributed by atoms with van der Waals surface area (Å²) < 4.78 is 0. The van der Waals surface area contributed by atoms with Gasteiger partial charge in [-0.3, -0.25) is 4.79 Å². The molecule has 0 amide bonds. The number of carbonyl (C=O) groups excluding carboxylic acids is 2. The first-order valence-corrected chi connectivity index (χ1v) is 8.61. The molecule has 2 aliphatic rings. The van der Waals surface area contributed by atoms with Gasteiger partial charge in [0, 0.05) is 5.92 Å². The second-order valence-corrected chi connectivity index (χ2v) is 8.06. The van der Waals surface area contributed by atoms with Gasteiger partial charge in [0.05, 0.1) is 0 Å². The molecule has 2 aliphatic carbocycles. The predicted octanol–water partition coefficient (Wildman–Crippen LogP) is 4.89. The van der Waals surface area contributed by atoms with Crippen molar-refractivity contribution in [2.75, 3.05) is 0 Å². The molecule has 4 atom stereocenters. The van der Waals surface area contributed by atoms with Crippen molar-refractivity contribution >= 4 is 12.6 Å². The van der Waals surface area contributed by atoms with Gasteiger partial charge in [-0.05, 0) is 68.3 Å². The topological polar surface area (TPSA) is 34.1 Å². The summed E-state index contributed by atoms with van der Waals surface area (Å²) in [4.78, 5) is 23.0. The van der Waals surface area contributed by atoms with Gasteiger partial charge in [0.15, 0.2) is 0 Å². The summed E-state index contributed by atoms with van der Waals surface area (Å²) in [7, 11) is 0. The minimum Gasteiger partial charge on any atom is -0.303 e. The fourth-order valence-corrected chi connectivity index (χ4v) is 5.05. The zero-order valence-electron chi connectivity index (χ0n) is 14.5. The standard InChI is InChI=1S/C20H30O2/c1-15(2)7-5-10-19(3)11-6-12-20(4)17(14-22)16(13-21)8-9-18(19)20/h7-8,13-14,17-18H,5-6,9-12H2,1-4H3. The molecule has 2 nitrogen and oxygen atoms in total. The zero-order chi connectivity index (χ0) is 16.4. The van der Waals surface area contributed by atoms with E-state index in [9.17, 15) is 9.59 Å². The Morgan fingerprint density at radius 3 is 2.59 bits per heavy atom. The summed E-state index contributed by atoms with van der Waals surface area (Å²) >= 11 is 0. The van der Waals surface area contributed by atoms with E-state index in [1.807, 2.05) is 6.08 Å². The van der Waals surface area contributed by atoms with Gasteiger partial charge >= 0.3 is 0 Å². The van der Waals surface area contributed by atoms with Crippen LogP contribution in [-0.2, 0) is 9.59 Å². The average Bonchev–Trinajstić information content (AvgIpc) is 2.45. The fraction of sp³-hybridized carbons (Fsp3) is 0.700. The summed E-state index contributed by atoms with van der Waals surface area (Å²) in [6.07, 6.45) is 13.0. The Hall–Kier alpha value is -1.18. The summed E-state index contributed by atoms with van der Waals surface area (Å²) in [5.41, 5.74) is 2.30. The minimum atomic E-state index is -0.216. The molecule has 0 spiro atoms. The zero-order valence-corrected chi connectivity index (χ0v) is 14.5. The Kier molecular flexibility index (Phi) is 5.09. The van der Waals surface area contributed by atoms with E-state index in [1.54, 1.807) is 0 Å². The molecule has 0 N–H and O–H groups in total. The van der Waals surface area contributed by atoms with E-state index in [0.717, 1.165) is 38.3 Å². The van der Waals surface area contributed by atoms with Crippen LogP contribution in [0.4, 0.5) is 0 Å². The lowest BCUT2D eigenvalue weighted by Gasteiger charge is -2.56. The van der Waals surface area contributed by atoms with Gasteiger partial charge < -0.3 is 4.79 Å². The maximum atomic E-state index is 11.7. The first-order chi connectivity index (χ1) is 10.4. The van der Waals surface area contributed by atoms with Gasteiger partial charge in [-0.2, -0.15) is 0 Å². The van der Waals surface area contributed by atoms with Crippen molar-refractivity contribution in [3.8, 4) is 0 Å². The Morgan fingerprint density at radius 2 is 2.00 bits per heavy atom. The molecule has 0 heterocycles. The van der Waals surface area contributed by atoms with E-state index in [4.69, 9.17) is 0 Å². The van der Waals surface area contributed by atoms with Gasteiger partial charge in [0.25, 0.3) is 0 Å². The summed E-state index contributed by atoms with van der Waals surface area (Å²) in [5.74, 6) is 0.282. The third kappa shape index (κ3) is 2.98. The molecule has 22 heavy (non-hydrogen) atoms. The Bertz CT molecular complexity index is 498. The molecule has 0 radical (unpaired) electrons. The molecule has 0 aliphatic heterocycles. The molecule has 2 heteroatoms. The predicted molar refractivity (Wildman–Crippen MR) is 90.5 cm³/mol. The molecule has 1 saturated carbocycles. The average molecular weight is 302 g/mol. The van der Waals surface area contributed by atoms with Gasteiger partial charge in [0.2, 0.25) is 0 Å². The van der Waals surface area contributed by atoms with E-state index in [1.165, 1.54) is 18.4 Å². The molecule has 0 aromatic rings. The molecule has 1 fully saturated rings. The quantitative estimate of drug-likeness (QED) is 0.535. The van der Waals surface area contributed by atoms with Crippen molar-refractivity contribution in [2.45, 2.75) is 66.2 Å². The Labute approximate surface area is 135 Å². The third-order valence-electron chi connectivity index (χ3n) is 6.30. The summed E-state index contributed by atoms with van der Waals surface area (Å²) in [6.45, 7) is 8.94. The largest absolute Gasteiger partial charge is 0.303 e. The number of rotatable bonds is 5. The van der Waals surface area contributed by atoms with Crippen LogP contribution in [0.15, 0.2) is 23.3 Å². The number of hydrogen-bond donors (Lipinski definition) is 0. The summed E-state index contributed by atoms with van der Waals surface area (Å²) in [6, 6.07) is 0. The normalized spacial score (nSPS) is 37.7. The van der Waals surface area contributed by atoms with Crippen LogP contribution in [0, 0.1) is 22.7 Å². The molecular formula is C20H30O2. The lowest BCUT2D eigenvalue weighted by atomic mass is 9.47. The van der Waals surface area contributed by atoms with E-state index < -0.39 is 0 Å². The molecule has 4 unspecified atom stereocenters. The first-order valence-electron chi connectivity index (χ1n) is 8.61. The van der Waals surface area contributed by atoms with Crippen LogP contribution in [0.3, 0.4) is 0 Å². The molecule has 122 valence electrons. The van der Waals surface area contributed by atoms with Crippen molar-refractivity contribution in [3.63, 3.8) is 0 Å². The van der Waals surface area contributed by atoms with E-state index in [-0.39, 0.29) is 16.7 Å². The minimum absolute atomic E-state index is 0.0509. The van der Waals surface area contributed by atoms with Gasteiger partial charge in [-0.1, -0.05) is 38.0 Å². The maximum Gasteiger partial charge on any atom is 0.146 e. The van der Waals surface area contributed by atoms with Crippen LogP contribution in [-0.4, -0.2) is 12.6 Å². The highest BCUT2D eigenvalue weighted by molar-refractivity contribution is 5.82. The number of fused-ring (bicyclic) bond motifs is 1. The maximum absolute atomic E-state index is 11.7. The smallest absolute Gasteiger partial charge is 0.146 e. The first kappa shape index (κ1) is 17.2. The lowest BCUT2D eigenvalue weighted by Crippen LogP contribution is -2.50. The second kappa shape index (κ2) is 6.52. The van der Waals surface area contributed by atoms with Gasteiger partial charge in [0.1, 0.15) is 12.6 Å². The highest BCUT2D eigenvalue weighted by Gasteiger charge is 2.53. The molecule has 0 bridgehead atoms. The SMILES string of the molecule is CC(C)=CCCC1(C)CCCC2(C)C(C=O)C(C=O)=CCC12. The molecule has 0 saturated heterocycles. The van der Waals surface area contributed by atoms with E-state index in [2.05, 4.69) is 33.8 Å². The van der Waals surface area contributed by atoms with Gasteiger partial charge in [-0.25, -0.2) is 0 Å². The van der Waals surface area contributed by atoms with E-state index in [0.29, 0.717) is 11.5 Å². The van der Waals surface area contributed by atoms with Crippen molar-refractivity contribution < 1.29 is 9.59 Å². The van der Waals surface area contributed by atoms with Crippen molar-refractivity contribution in [1.29, 1.82) is 0 Å². The van der Waals surface area contributed by atoms with Crippen LogP contribution in [0.2, 0.25) is 0 Å². The molecule has 0 aromatic heterocycles. The van der Waals surface area contributed by atoms with Crippen LogP contribution in [0.5, 0.6) is 0 Å². The van der Waals surface area contributed by atoms with Gasteiger partial charge in [-0.15, -0.1) is 0 Å². The molecule has 2 rings (SSSR count). The van der Waals surface area contributed by atoms with Crippen molar-refractivity contribution in [3.05, 3.63) is 23.3 Å². The van der Waals surface area contributed by atoms with E-state index >= 15 is 0 Å². The van der Waals surface area contributed by atoms with Crippen molar-refractivity contribution in [1.82, 2.24) is 0 Å². The van der Waals surface area contributed by atoms with Crippen LogP contribution >= 0.6 is 0 Å². The number of hydrogen-bond acceptors (Lipinski definition) is 2. The highest BCUT2D eigenvalue weighted by atomic mass is 16.1. The number of aldehydes is 2. The molecular weight excluding hydrogens is 272 g/mol. The van der Waals surface area contributed by atoms with Crippen LogP contribution < -0.4 is 0 Å². The second-order valence-electron chi connectivity index (χ2n) is 8.06. The van der Waals surface area contributed by atoms with Crippen LogP contribution in [0.1, 0.15) is 66.2 Å². The lowest BCUT2D eigenvalue weighted by molar-refractivity contribution is -0.123. The highest BCUT2D eigenvalue weighted by Crippen LogP contribution is 2.60. The van der Waals surface area contributed by atoms with Crippen LogP contribution in [0.25, 0.3) is 0 Å². The Morgan fingerprint density at radius 1 is 1.27 bits per heavy atom. The number of allylic oxidation sites excluding steroid dienone is 4. The Balaban J connectivity index is 2.30. The number of carbonyl (C=O) groups is 2. The fourth-order valence-electron chi connectivity index (χ4n) is 5.05. The molecule has 0 aromatic carbocycles. The van der Waals surface area contributed by atoms with Crippen molar-refractivity contribution in [2.24, 2.45) is 22.7 Å². The monoisotopic (exact) mass is 302 g/mol. The summed E-state index contributed by atoms with van der Waals surface area (Å²) in [5, 5.41) is 0.